The Morgan fingerprint density at radius 2 is 2.05 bits per heavy atom. The fourth-order valence-corrected chi connectivity index (χ4v) is 2.31. The molecule has 6 nitrogen and oxygen atoms in total. The van der Waals surface area contributed by atoms with E-state index < -0.39 is 10.9 Å². The zero-order chi connectivity index (χ0) is 14.7. The summed E-state index contributed by atoms with van der Waals surface area (Å²) < 4.78 is 0. The Labute approximate surface area is 116 Å². The zero-order valence-electron chi connectivity index (χ0n) is 11.2. The second-order valence-corrected chi connectivity index (χ2v) is 4.83. The van der Waals surface area contributed by atoms with Crippen LogP contribution < -0.4 is 4.90 Å². The Morgan fingerprint density at radius 3 is 2.60 bits per heavy atom. The molecule has 20 heavy (non-hydrogen) atoms. The van der Waals surface area contributed by atoms with Crippen molar-refractivity contribution in [1.29, 1.82) is 0 Å². The third kappa shape index (κ3) is 2.96. The minimum Gasteiger partial charge on any atom is -0.478 e. The summed E-state index contributed by atoms with van der Waals surface area (Å²) in [6, 6.07) is 4.59. The average Bonchev–Trinajstić information content (AvgIpc) is 2.92. The number of anilines is 1. The van der Waals surface area contributed by atoms with Gasteiger partial charge in [0.25, 0.3) is 5.69 Å². The number of hydrogen-bond acceptors (Lipinski definition) is 4. The molecular formula is C14H16N2O4. The lowest BCUT2D eigenvalue weighted by Gasteiger charge is -2.20. The lowest BCUT2D eigenvalue weighted by Crippen LogP contribution is -2.18. The molecule has 0 bridgehead atoms. The number of nitrogens with zero attached hydrogens (tertiary/aromatic N) is 2. The number of aliphatic carboxylic acids is 1. The van der Waals surface area contributed by atoms with Crippen LogP contribution in [0.25, 0.3) is 6.08 Å². The molecule has 0 radical (unpaired) electrons. The first-order valence-corrected chi connectivity index (χ1v) is 6.44. The molecule has 2 rings (SSSR count). The van der Waals surface area contributed by atoms with E-state index in [9.17, 15) is 14.9 Å². The Kier molecular flexibility index (Phi) is 4.02. The lowest BCUT2D eigenvalue weighted by molar-refractivity contribution is -0.384. The molecule has 1 fully saturated rings. The maximum absolute atomic E-state index is 10.9. The van der Waals surface area contributed by atoms with Gasteiger partial charge in [0, 0.05) is 42.0 Å². The van der Waals surface area contributed by atoms with Gasteiger partial charge in [-0.05, 0) is 31.9 Å². The number of rotatable bonds is 4. The molecular weight excluding hydrogens is 260 g/mol. The van der Waals surface area contributed by atoms with E-state index in [0.717, 1.165) is 31.6 Å². The van der Waals surface area contributed by atoms with Crippen molar-refractivity contribution in [2.45, 2.75) is 19.8 Å². The van der Waals surface area contributed by atoms with Crippen molar-refractivity contribution in [3.63, 3.8) is 0 Å². The summed E-state index contributed by atoms with van der Waals surface area (Å²) in [4.78, 5) is 23.5. The van der Waals surface area contributed by atoms with Crippen LogP contribution in [0.15, 0.2) is 23.8 Å². The van der Waals surface area contributed by atoms with E-state index >= 15 is 0 Å². The monoisotopic (exact) mass is 276 g/mol. The molecule has 0 saturated carbocycles. The second kappa shape index (κ2) is 5.73. The normalized spacial score (nSPS) is 15.4. The van der Waals surface area contributed by atoms with Crippen LogP contribution in [-0.2, 0) is 4.79 Å². The molecule has 1 aromatic carbocycles. The highest BCUT2D eigenvalue weighted by molar-refractivity contribution is 5.93. The van der Waals surface area contributed by atoms with Gasteiger partial charge in [-0.15, -0.1) is 0 Å². The quantitative estimate of drug-likeness (QED) is 0.519. The van der Waals surface area contributed by atoms with E-state index in [2.05, 4.69) is 4.90 Å². The SMILES string of the molecule is C/C(=C\c1cc([N+](=O)[O-])ccc1N1CCCC1)C(=O)O. The van der Waals surface area contributed by atoms with Gasteiger partial charge in [0.15, 0.2) is 0 Å². The smallest absolute Gasteiger partial charge is 0.331 e. The predicted molar refractivity (Wildman–Crippen MR) is 75.8 cm³/mol. The minimum atomic E-state index is -1.02. The van der Waals surface area contributed by atoms with Crippen LogP contribution in [0.3, 0.4) is 0 Å². The molecule has 1 heterocycles. The summed E-state index contributed by atoms with van der Waals surface area (Å²) in [7, 11) is 0. The van der Waals surface area contributed by atoms with Gasteiger partial charge in [0.2, 0.25) is 0 Å². The number of carboxylic acid groups (broad SMARTS) is 1. The van der Waals surface area contributed by atoms with E-state index in [4.69, 9.17) is 5.11 Å². The Bertz CT molecular complexity index is 575. The Morgan fingerprint density at radius 1 is 1.40 bits per heavy atom. The summed E-state index contributed by atoms with van der Waals surface area (Å²) in [6.45, 7) is 3.27. The van der Waals surface area contributed by atoms with Crippen LogP contribution >= 0.6 is 0 Å². The number of carbonyl (C=O) groups is 1. The van der Waals surface area contributed by atoms with Crippen LogP contribution in [0.4, 0.5) is 11.4 Å². The summed E-state index contributed by atoms with van der Waals surface area (Å²) >= 11 is 0. The van der Waals surface area contributed by atoms with E-state index in [0.29, 0.717) is 5.56 Å². The van der Waals surface area contributed by atoms with Gasteiger partial charge >= 0.3 is 5.97 Å². The van der Waals surface area contributed by atoms with Crippen molar-refractivity contribution >= 4 is 23.4 Å². The number of non-ortho nitro benzene ring substituents is 1. The number of carboxylic acids is 1. The molecule has 0 spiro atoms. The lowest BCUT2D eigenvalue weighted by atomic mass is 10.1. The van der Waals surface area contributed by atoms with Crippen molar-refractivity contribution in [3.8, 4) is 0 Å². The highest BCUT2D eigenvalue weighted by Crippen LogP contribution is 2.30. The van der Waals surface area contributed by atoms with Gasteiger partial charge in [-0.2, -0.15) is 0 Å². The third-order valence-corrected chi connectivity index (χ3v) is 3.38. The van der Waals surface area contributed by atoms with Crippen LogP contribution in [0.1, 0.15) is 25.3 Å². The van der Waals surface area contributed by atoms with Crippen molar-refractivity contribution in [2.75, 3.05) is 18.0 Å². The molecule has 1 aliphatic heterocycles. The van der Waals surface area contributed by atoms with E-state index in [1.54, 1.807) is 6.07 Å². The molecule has 0 aliphatic carbocycles. The van der Waals surface area contributed by atoms with E-state index in [-0.39, 0.29) is 11.3 Å². The Balaban J connectivity index is 2.47. The number of nitro benzene ring substituents is 1. The minimum absolute atomic E-state index is 0.0302. The number of hydrogen-bond donors (Lipinski definition) is 1. The van der Waals surface area contributed by atoms with Gasteiger partial charge < -0.3 is 10.0 Å². The van der Waals surface area contributed by atoms with Gasteiger partial charge in [-0.1, -0.05) is 0 Å². The van der Waals surface area contributed by atoms with Gasteiger partial charge in [-0.3, -0.25) is 10.1 Å². The van der Waals surface area contributed by atoms with Gasteiger partial charge in [0.05, 0.1) is 4.92 Å². The molecule has 0 amide bonds. The first kappa shape index (κ1) is 14.0. The highest BCUT2D eigenvalue weighted by Gasteiger charge is 2.18. The third-order valence-electron chi connectivity index (χ3n) is 3.38. The van der Waals surface area contributed by atoms with Crippen molar-refractivity contribution < 1.29 is 14.8 Å². The fraction of sp³-hybridized carbons (Fsp3) is 0.357. The van der Waals surface area contributed by atoms with Gasteiger partial charge in [-0.25, -0.2) is 4.79 Å². The van der Waals surface area contributed by atoms with E-state index in [1.165, 1.54) is 25.1 Å². The highest BCUT2D eigenvalue weighted by atomic mass is 16.6. The zero-order valence-corrected chi connectivity index (χ0v) is 11.2. The molecule has 1 aliphatic rings. The van der Waals surface area contributed by atoms with Crippen molar-refractivity contribution in [2.24, 2.45) is 0 Å². The molecule has 0 aromatic heterocycles. The summed E-state index contributed by atoms with van der Waals surface area (Å²) in [5.41, 5.74) is 1.57. The van der Waals surface area contributed by atoms with Crippen LogP contribution in [0, 0.1) is 10.1 Å². The van der Waals surface area contributed by atoms with Crippen molar-refractivity contribution in [3.05, 3.63) is 39.4 Å². The molecule has 1 saturated heterocycles. The number of benzene rings is 1. The summed E-state index contributed by atoms with van der Waals surface area (Å²) in [6.07, 6.45) is 3.65. The average molecular weight is 276 g/mol. The fourth-order valence-electron chi connectivity index (χ4n) is 2.31. The maximum Gasteiger partial charge on any atom is 0.331 e. The first-order valence-electron chi connectivity index (χ1n) is 6.44. The predicted octanol–water partition coefficient (Wildman–Crippen LogP) is 2.68. The molecule has 0 unspecified atom stereocenters. The topological polar surface area (TPSA) is 83.7 Å². The molecule has 0 atom stereocenters. The van der Waals surface area contributed by atoms with Crippen LogP contribution in [0.2, 0.25) is 0 Å². The largest absolute Gasteiger partial charge is 0.478 e. The number of nitro groups is 1. The second-order valence-electron chi connectivity index (χ2n) is 4.83. The van der Waals surface area contributed by atoms with Crippen LogP contribution in [0.5, 0.6) is 0 Å². The molecule has 1 N–H and O–H groups in total. The molecule has 1 aromatic rings. The van der Waals surface area contributed by atoms with Crippen molar-refractivity contribution in [1.82, 2.24) is 0 Å². The maximum atomic E-state index is 10.9. The molecule has 6 heteroatoms. The molecule has 106 valence electrons. The van der Waals surface area contributed by atoms with Gasteiger partial charge in [0.1, 0.15) is 0 Å². The first-order chi connectivity index (χ1) is 9.49. The standard InChI is InChI=1S/C14H16N2O4/c1-10(14(17)18)8-11-9-12(16(19)20)4-5-13(11)15-6-2-3-7-15/h4-5,8-9H,2-3,6-7H2,1H3,(H,17,18)/b10-8+. The summed E-state index contributed by atoms with van der Waals surface area (Å²) in [5, 5.41) is 19.8. The van der Waals surface area contributed by atoms with Crippen LogP contribution in [-0.4, -0.2) is 29.1 Å². The summed E-state index contributed by atoms with van der Waals surface area (Å²) in [5.74, 6) is -1.02. The Hall–Kier alpha value is -2.37. The van der Waals surface area contributed by atoms with E-state index in [1.807, 2.05) is 0 Å².